The van der Waals surface area contributed by atoms with Gasteiger partial charge in [-0.2, -0.15) is 0 Å². The minimum absolute atomic E-state index is 0.661. The Bertz CT molecular complexity index is 362. The summed E-state index contributed by atoms with van der Waals surface area (Å²) in [4.78, 5) is 0. The largest absolute Gasteiger partial charge is 0.382 e. The molecule has 0 aromatic heterocycles. The lowest BCUT2D eigenvalue weighted by Gasteiger charge is -2.31. The van der Waals surface area contributed by atoms with Crippen LogP contribution in [-0.2, 0) is 0 Å². The molecule has 1 fully saturated rings. The third kappa shape index (κ3) is 2.79. The molecule has 1 saturated carbocycles. The van der Waals surface area contributed by atoms with E-state index in [1.165, 1.54) is 36.9 Å². The SMILES string of the molecule is Cc1cc(Br)ccc1NC1CCCCC1C. The molecule has 0 radical (unpaired) electrons. The number of halogens is 1. The molecular weight excluding hydrogens is 262 g/mol. The average molecular weight is 282 g/mol. The zero-order chi connectivity index (χ0) is 11.5. The Morgan fingerprint density at radius 1 is 1.25 bits per heavy atom. The van der Waals surface area contributed by atoms with Gasteiger partial charge in [0.15, 0.2) is 0 Å². The maximum Gasteiger partial charge on any atom is 0.0372 e. The van der Waals surface area contributed by atoms with Crippen LogP contribution in [0.4, 0.5) is 5.69 Å². The van der Waals surface area contributed by atoms with Crippen molar-refractivity contribution in [2.75, 3.05) is 5.32 Å². The molecule has 0 spiro atoms. The topological polar surface area (TPSA) is 12.0 Å². The highest BCUT2D eigenvalue weighted by molar-refractivity contribution is 9.10. The molecule has 0 amide bonds. The van der Waals surface area contributed by atoms with Crippen molar-refractivity contribution >= 4 is 21.6 Å². The maximum absolute atomic E-state index is 3.71. The van der Waals surface area contributed by atoms with Crippen LogP contribution in [0.5, 0.6) is 0 Å². The van der Waals surface area contributed by atoms with Gasteiger partial charge in [-0.1, -0.05) is 35.7 Å². The van der Waals surface area contributed by atoms with Gasteiger partial charge in [0.2, 0.25) is 0 Å². The minimum atomic E-state index is 0.661. The van der Waals surface area contributed by atoms with Crippen LogP contribution >= 0.6 is 15.9 Å². The molecule has 1 nitrogen and oxygen atoms in total. The van der Waals surface area contributed by atoms with Gasteiger partial charge in [-0.3, -0.25) is 0 Å². The maximum atomic E-state index is 3.71. The highest BCUT2D eigenvalue weighted by atomic mass is 79.9. The fourth-order valence-corrected chi connectivity index (χ4v) is 3.00. The van der Waals surface area contributed by atoms with Crippen LogP contribution in [0.3, 0.4) is 0 Å². The highest BCUT2D eigenvalue weighted by Gasteiger charge is 2.21. The van der Waals surface area contributed by atoms with E-state index in [4.69, 9.17) is 0 Å². The lowest BCUT2D eigenvalue weighted by Crippen LogP contribution is -2.30. The van der Waals surface area contributed by atoms with Crippen LogP contribution < -0.4 is 5.32 Å². The molecule has 2 heteroatoms. The predicted molar refractivity (Wildman–Crippen MR) is 73.9 cm³/mol. The van der Waals surface area contributed by atoms with Crippen molar-refractivity contribution < 1.29 is 0 Å². The lowest BCUT2D eigenvalue weighted by molar-refractivity contribution is 0.349. The van der Waals surface area contributed by atoms with Crippen molar-refractivity contribution in [2.24, 2.45) is 5.92 Å². The third-order valence-electron chi connectivity index (χ3n) is 3.64. The van der Waals surface area contributed by atoms with Crippen molar-refractivity contribution in [1.29, 1.82) is 0 Å². The monoisotopic (exact) mass is 281 g/mol. The molecule has 88 valence electrons. The molecule has 1 aliphatic carbocycles. The van der Waals surface area contributed by atoms with E-state index < -0.39 is 0 Å². The summed E-state index contributed by atoms with van der Waals surface area (Å²) >= 11 is 3.51. The Kier molecular flexibility index (Phi) is 3.91. The molecule has 0 saturated heterocycles. The quantitative estimate of drug-likeness (QED) is 0.825. The summed E-state index contributed by atoms with van der Waals surface area (Å²) in [7, 11) is 0. The Labute approximate surface area is 107 Å². The van der Waals surface area contributed by atoms with E-state index in [0.29, 0.717) is 6.04 Å². The summed E-state index contributed by atoms with van der Waals surface area (Å²) in [5.41, 5.74) is 2.62. The van der Waals surface area contributed by atoms with Crippen molar-refractivity contribution in [2.45, 2.75) is 45.6 Å². The second-order valence-electron chi connectivity index (χ2n) is 4.97. The molecule has 1 N–H and O–H groups in total. The standard InChI is InChI=1S/C14H20BrN/c1-10-5-3-4-6-13(10)16-14-8-7-12(15)9-11(14)2/h7-10,13,16H,3-6H2,1-2H3. The van der Waals surface area contributed by atoms with Gasteiger partial charge in [-0.05, 0) is 49.4 Å². The normalized spacial score (nSPS) is 25.4. The summed E-state index contributed by atoms with van der Waals surface area (Å²) in [6, 6.07) is 7.13. The van der Waals surface area contributed by atoms with E-state index >= 15 is 0 Å². The number of aryl methyl sites for hydroxylation is 1. The second-order valence-corrected chi connectivity index (χ2v) is 5.89. The molecule has 16 heavy (non-hydrogen) atoms. The van der Waals surface area contributed by atoms with Gasteiger partial charge in [0.1, 0.15) is 0 Å². The van der Waals surface area contributed by atoms with Gasteiger partial charge in [0.25, 0.3) is 0 Å². The third-order valence-corrected chi connectivity index (χ3v) is 4.13. The first-order valence-corrected chi connectivity index (χ1v) is 6.99. The first-order chi connectivity index (χ1) is 7.66. The van der Waals surface area contributed by atoms with E-state index in [9.17, 15) is 0 Å². The minimum Gasteiger partial charge on any atom is -0.382 e. The fraction of sp³-hybridized carbons (Fsp3) is 0.571. The molecule has 1 aliphatic rings. The van der Waals surface area contributed by atoms with Crippen molar-refractivity contribution in [3.05, 3.63) is 28.2 Å². The Balaban J connectivity index is 2.07. The molecule has 0 bridgehead atoms. The van der Waals surface area contributed by atoms with Gasteiger partial charge in [0.05, 0.1) is 0 Å². The number of hydrogen-bond donors (Lipinski definition) is 1. The number of hydrogen-bond acceptors (Lipinski definition) is 1. The molecular formula is C14H20BrN. The molecule has 2 atom stereocenters. The molecule has 0 aliphatic heterocycles. The molecule has 0 heterocycles. The molecule has 1 aromatic rings. The van der Waals surface area contributed by atoms with Gasteiger partial charge < -0.3 is 5.32 Å². The zero-order valence-corrected chi connectivity index (χ0v) is 11.7. The van der Waals surface area contributed by atoms with Crippen LogP contribution in [0.25, 0.3) is 0 Å². The van der Waals surface area contributed by atoms with E-state index in [2.05, 4.69) is 53.3 Å². The van der Waals surface area contributed by atoms with E-state index in [-0.39, 0.29) is 0 Å². The Hall–Kier alpha value is -0.500. The summed E-state index contributed by atoms with van der Waals surface area (Å²) in [5, 5.41) is 3.71. The van der Waals surface area contributed by atoms with E-state index in [1.807, 2.05) is 0 Å². The molecule has 2 unspecified atom stereocenters. The van der Waals surface area contributed by atoms with E-state index in [1.54, 1.807) is 0 Å². The van der Waals surface area contributed by atoms with Crippen LogP contribution in [0, 0.1) is 12.8 Å². The first-order valence-electron chi connectivity index (χ1n) is 6.19. The second kappa shape index (κ2) is 5.22. The lowest BCUT2D eigenvalue weighted by atomic mass is 9.85. The molecule has 2 rings (SSSR count). The Morgan fingerprint density at radius 3 is 2.69 bits per heavy atom. The first kappa shape index (κ1) is 12.0. The average Bonchev–Trinajstić information content (AvgIpc) is 2.25. The summed E-state index contributed by atoms with van der Waals surface area (Å²) in [6.45, 7) is 4.53. The van der Waals surface area contributed by atoms with E-state index in [0.717, 1.165) is 10.4 Å². The predicted octanol–water partition coefficient (Wildman–Crippen LogP) is 4.75. The van der Waals surface area contributed by atoms with Crippen LogP contribution in [0.15, 0.2) is 22.7 Å². The highest BCUT2D eigenvalue weighted by Crippen LogP contribution is 2.28. The van der Waals surface area contributed by atoms with Crippen molar-refractivity contribution in [1.82, 2.24) is 0 Å². The van der Waals surface area contributed by atoms with Crippen LogP contribution in [0.2, 0.25) is 0 Å². The number of nitrogens with one attached hydrogen (secondary N) is 1. The Morgan fingerprint density at radius 2 is 2.00 bits per heavy atom. The number of benzene rings is 1. The smallest absolute Gasteiger partial charge is 0.0372 e. The van der Waals surface area contributed by atoms with Gasteiger partial charge in [0, 0.05) is 16.2 Å². The fourth-order valence-electron chi connectivity index (χ4n) is 2.52. The van der Waals surface area contributed by atoms with Crippen molar-refractivity contribution in [3.8, 4) is 0 Å². The number of rotatable bonds is 2. The summed E-state index contributed by atoms with van der Waals surface area (Å²) in [6.07, 6.45) is 5.46. The molecule has 1 aromatic carbocycles. The van der Waals surface area contributed by atoms with Gasteiger partial charge in [-0.15, -0.1) is 0 Å². The number of anilines is 1. The van der Waals surface area contributed by atoms with Gasteiger partial charge >= 0.3 is 0 Å². The van der Waals surface area contributed by atoms with Crippen LogP contribution in [-0.4, -0.2) is 6.04 Å². The summed E-state index contributed by atoms with van der Waals surface area (Å²) < 4.78 is 1.16. The summed E-state index contributed by atoms with van der Waals surface area (Å²) in [5.74, 6) is 0.803. The zero-order valence-electron chi connectivity index (χ0n) is 10.1. The van der Waals surface area contributed by atoms with Crippen LogP contribution in [0.1, 0.15) is 38.2 Å². The van der Waals surface area contributed by atoms with Gasteiger partial charge in [-0.25, -0.2) is 0 Å². The van der Waals surface area contributed by atoms with Crippen molar-refractivity contribution in [3.63, 3.8) is 0 Å².